The summed E-state index contributed by atoms with van der Waals surface area (Å²) < 4.78 is 31.5. The van der Waals surface area contributed by atoms with Crippen LogP contribution in [0.2, 0.25) is 0 Å². The lowest BCUT2D eigenvalue weighted by molar-refractivity contribution is 0.274. The second kappa shape index (κ2) is 6.62. The molecule has 92 valence electrons. The number of benzene rings is 1. The van der Waals surface area contributed by atoms with Crippen LogP contribution in [-0.4, -0.2) is 18.8 Å². The number of aliphatic hydroxyl groups excluding tert-OH is 1. The van der Waals surface area contributed by atoms with E-state index >= 15 is 0 Å². The molecule has 1 atom stereocenters. The third kappa shape index (κ3) is 3.30. The van der Waals surface area contributed by atoms with E-state index in [2.05, 4.69) is 0 Å². The standard InChI is InChI=1S/C10H13F2NO2.ClH/c1-15-6-4-7(11)10(8(12)5-6)9(13)2-3-14;/h4-5,9,14H,2-3,13H2,1H3;1H/t9-;/m0./s1. The summed E-state index contributed by atoms with van der Waals surface area (Å²) in [5.74, 6) is -1.41. The van der Waals surface area contributed by atoms with Gasteiger partial charge in [0.15, 0.2) is 0 Å². The van der Waals surface area contributed by atoms with E-state index < -0.39 is 17.7 Å². The minimum absolute atomic E-state index is 0. The van der Waals surface area contributed by atoms with Gasteiger partial charge < -0.3 is 15.6 Å². The molecule has 0 radical (unpaired) electrons. The van der Waals surface area contributed by atoms with Gasteiger partial charge in [0.05, 0.1) is 7.11 Å². The Hall–Kier alpha value is -0.910. The summed E-state index contributed by atoms with van der Waals surface area (Å²) in [6.45, 7) is -0.216. The zero-order valence-corrected chi connectivity index (χ0v) is 9.56. The Bertz CT molecular complexity index is 327. The fourth-order valence-corrected chi connectivity index (χ4v) is 1.32. The van der Waals surface area contributed by atoms with Gasteiger partial charge in [-0.2, -0.15) is 0 Å². The molecule has 0 aliphatic rings. The number of hydrogen-bond donors (Lipinski definition) is 2. The summed E-state index contributed by atoms with van der Waals surface area (Å²) in [4.78, 5) is 0. The maximum absolute atomic E-state index is 13.4. The summed E-state index contributed by atoms with van der Waals surface area (Å²) in [7, 11) is 1.32. The van der Waals surface area contributed by atoms with Gasteiger partial charge in [0.1, 0.15) is 17.4 Å². The second-order valence-electron chi connectivity index (χ2n) is 3.12. The predicted octanol–water partition coefficient (Wildman–Crippen LogP) is 1.78. The molecule has 0 bridgehead atoms. The van der Waals surface area contributed by atoms with Crippen molar-refractivity contribution in [2.75, 3.05) is 13.7 Å². The highest BCUT2D eigenvalue weighted by atomic mass is 35.5. The molecule has 0 amide bonds. The Morgan fingerprint density at radius 3 is 2.25 bits per heavy atom. The van der Waals surface area contributed by atoms with Crippen LogP contribution in [0, 0.1) is 11.6 Å². The first-order valence-electron chi connectivity index (χ1n) is 4.49. The summed E-state index contributed by atoms with van der Waals surface area (Å²) in [5.41, 5.74) is 5.30. The zero-order chi connectivity index (χ0) is 11.4. The van der Waals surface area contributed by atoms with Crippen molar-refractivity contribution in [3.63, 3.8) is 0 Å². The van der Waals surface area contributed by atoms with Gasteiger partial charge >= 0.3 is 0 Å². The molecule has 1 rings (SSSR count). The Kier molecular flexibility index (Phi) is 6.25. The van der Waals surface area contributed by atoms with Crippen LogP contribution in [0.15, 0.2) is 12.1 Å². The summed E-state index contributed by atoms with van der Waals surface area (Å²) in [5, 5.41) is 8.63. The van der Waals surface area contributed by atoms with Crippen molar-refractivity contribution in [1.29, 1.82) is 0 Å². The molecule has 0 aromatic heterocycles. The first-order chi connectivity index (χ1) is 7.10. The number of hydrogen-bond acceptors (Lipinski definition) is 3. The third-order valence-electron chi connectivity index (χ3n) is 2.10. The van der Waals surface area contributed by atoms with Crippen molar-refractivity contribution in [2.45, 2.75) is 12.5 Å². The molecule has 0 fully saturated rings. The van der Waals surface area contributed by atoms with E-state index in [-0.39, 0.29) is 36.7 Å². The fraction of sp³-hybridized carbons (Fsp3) is 0.400. The van der Waals surface area contributed by atoms with E-state index in [9.17, 15) is 8.78 Å². The molecule has 16 heavy (non-hydrogen) atoms. The van der Waals surface area contributed by atoms with E-state index in [1.54, 1.807) is 0 Å². The second-order valence-corrected chi connectivity index (χ2v) is 3.12. The van der Waals surface area contributed by atoms with Crippen molar-refractivity contribution in [3.8, 4) is 5.75 Å². The number of methoxy groups -OCH3 is 1. The van der Waals surface area contributed by atoms with Gasteiger partial charge in [-0.15, -0.1) is 12.4 Å². The summed E-state index contributed by atoms with van der Waals surface area (Å²) in [6, 6.07) is 1.28. The molecule has 0 heterocycles. The minimum Gasteiger partial charge on any atom is -0.497 e. The highest BCUT2D eigenvalue weighted by Crippen LogP contribution is 2.25. The Morgan fingerprint density at radius 2 is 1.88 bits per heavy atom. The number of halogens is 3. The minimum atomic E-state index is -0.846. The van der Waals surface area contributed by atoms with E-state index in [4.69, 9.17) is 15.6 Å². The predicted molar refractivity (Wildman–Crippen MR) is 58.8 cm³/mol. The van der Waals surface area contributed by atoms with Crippen molar-refractivity contribution >= 4 is 12.4 Å². The van der Waals surface area contributed by atoms with Crippen LogP contribution in [0.5, 0.6) is 5.75 Å². The number of aliphatic hydroxyl groups is 1. The quantitative estimate of drug-likeness (QED) is 0.860. The van der Waals surface area contributed by atoms with Gasteiger partial charge in [-0.05, 0) is 6.42 Å². The topological polar surface area (TPSA) is 55.5 Å². The Morgan fingerprint density at radius 1 is 1.38 bits per heavy atom. The van der Waals surface area contributed by atoms with E-state index in [0.717, 1.165) is 12.1 Å². The Labute approximate surface area is 98.6 Å². The van der Waals surface area contributed by atoms with Gasteiger partial charge in [-0.25, -0.2) is 8.78 Å². The van der Waals surface area contributed by atoms with E-state index in [0.29, 0.717) is 0 Å². The third-order valence-corrected chi connectivity index (χ3v) is 2.10. The lowest BCUT2D eigenvalue weighted by atomic mass is 10.0. The average molecular weight is 254 g/mol. The normalized spacial score (nSPS) is 11.8. The molecule has 3 N–H and O–H groups in total. The van der Waals surface area contributed by atoms with Crippen LogP contribution in [0.1, 0.15) is 18.0 Å². The van der Waals surface area contributed by atoms with E-state index in [1.165, 1.54) is 7.11 Å². The average Bonchev–Trinajstić information content (AvgIpc) is 2.16. The maximum atomic E-state index is 13.4. The molecule has 1 aromatic carbocycles. The lowest BCUT2D eigenvalue weighted by Gasteiger charge is -2.13. The summed E-state index contributed by atoms with van der Waals surface area (Å²) in [6.07, 6.45) is 0.111. The van der Waals surface area contributed by atoms with E-state index in [1.807, 2.05) is 0 Å². The zero-order valence-electron chi connectivity index (χ0n) is 8.74. The van der Waals surface area contributed by atoms with Crippen LogP contribution < -0.4 is 10.5 Å². The van der Waals surface area contributed by atoms with Crippen LogP contribution in [0.4, 0.5) is 8.78 Å². The molecule has 0 unspecified atom stereocenters. The van der Waals surface area contributed by atoms with Crippen molar-refractivity contribution in [1.82, 2.24) is 0 Å². The van der Waals surface area contributed by atoms with Crippen molar-refractivity contribution in [2.24, 2.45) is 5.73 Å². The molecule has 3 nitrogen and oxygen atoms in total. The number of nitrogens with two attached hydrogens (primary N) is 1. The van der Waals surface area contributed by atoms with Crippen molar-refractivity contribution in [3.05, 3.63) is 29.3 Å². The van der Waals surface area contributed by atoms with Crippen LogP contribution in [0.3, 0.4) is 0 Å². The molecule has 0 saturated carbocycles. The first kappa shape index (κ1) is 15.1. The largest absolute Gasteiger partial charge is 0.497 e. The van der Waals surface area contributed by atoms with Gasteiger partial charge in [0, 0.05) is 30.3 Å². The maximum Gasteiger partial charge on any atom is 0.134 e. The first-order valence-corrected chi connectivity index (χ1v) is 4.49. The van der Waals surface area contributed by atoms with Gasteiger partial charge in [-0.1, -0.05) is 0 Å². The molecular formula is C10H14ClF2NO2. The number of ether oxygens (including phenoxy) is 1. The van der Waals surface area contributed by atoms with Crippen LogP contribution in [0.25, 0.3) is 0 Å². The van der Waals surface area contributed by atoms with Crippen molar-refractivity contribution < 1.29 is 18.6 Å². The molecule has 0 saturated heterocycles. The lowest BCUT2D eigenvalue weighted by Crippen LogP contribution is -2.15. The summed E-state index contributed by atoms with van der Waals surface area (Å²) >= 11 is 0. The highest BCUT2D eigenvalue weighted by molar-refractivity contribution is 5.85. The smallest absolute Gasteiger partial charge is 0.134 e. The number of rotatable bonds is 4. The van der Waals surface area contributed by atoms with Crippen LogP contribution >= 0.6 is 12.4 Å². The molecule has 0 spiro atoms. The van der Waals surface area contributed by atoms with Gasteiger partial charge in [-0.3, -0.25) is 0 Å². The SMILES string of the molecule is COc1cc(F)c([C@@H](N)CCO)c(F)c1.Cl. The molecule has 0 aliphatic carbocycles. The monoisotopic (exact) mass is 253 g/mol. The van der Waals surface area contributed by atoms with Crippen LogP contribution in [-0.2, 0) is 0 Å². The highest BCUT2D eigenvalue weighted by Gasteiger charge is 2.17. The van der Waals surface area contributed by atoms with Gasteiger partial charge in [0.2, 0.25) is 0 Å². The Balaban J connectivity index is 0.00000225. The fourth-order valence-electron chi connectivity index (χ4n) is 1.32. The van der Waals surface area contributed by atoms with Gasteiger partial charge in [0.25, 0.3) is 0 Å². The molecular weight excluding hydrogens is 240 g/mol. The molecule has 6 heteroatoms. The molecule has 1 aromatic rings. The molecule has 0 aliphatic heterocycles.